The Morgan fingerprint density at radius 2 is 1.59 bits per heavy atom. The maximum absolute atomic E-state index is 6.49. The van der Waals surface area contributed by atoms with E-state index in [1.54, 1.807) is 6.33 Å². The van der Waals surface area contributed by atoms with Crippen LogP contribution in [0.2, 0.25) is 0 Å². The van der Waals surface area contributed by atoms with Crippen LogP contribution < -0.4 is 15.8 Å². The van der Waals surface area contributed by atoms with Crippen molar-refractivity contribution in [3.05, 3.63) is 48.8 Å². The first-order chi connectivity index (χ1) is 14.2. The first-order valence-corrected chi connectivity index (χ1v) is 10.7. The molecule has 0 saturated heterocycles. The summed E-state index contributed by atoms with van der Waals surface area (Å²) >= 11 is 0. The van der Waals surface area contributed by atoms with Gasteiger partial charge >= 0.3 is 0 Å². The van der Waals surface area contributed by atoms with E-state index >= 15 is 0 Å². The lowest BCUT2D eigenvalue weighted by Gasteiger charge is -2.57. The first-order valence-electron chi connectivity index (χ1n) is 10.7. The van der Waals surface area contributed by atoms with Crippen molar-refractivity contribution in [3.63, 3.8) is 0 Å². The summed E-state index contributed by atoms with van der Waals surface area (Å²) < 4.78 is 6.17. The van der Waals surface area contributed by atoms with Crippen molar-refractivity contribution in [2.24, 2.45) is 17.8 Å². The standard InChI is InChI=1S/C24H26N4O/c25-21-22(28-24-11-15-8-16(12-24)10-17(9-15)13-24)26-14-27-23(21)29-20-7-3-5-18-4-1-2-6-19(18)20/h1-7,14-17H,8-13,25H2,(H,26,27,28). The van der Waals surface area contributed by atoms with E-state index in [1.807, 2.05) is 24.3 Å². The van der Waals surface area contributed by atoms with Gasteiger partial charge in [0.1, 0.15) is 17.8 Å². The van der Waals surface area contributed by atoms with Gasteiger partial charge in [0.05, 0.1) is 0 Å². The predicted molar refractivity (Wildman–Crippen MR) is 115 cm³/mol. The van der Waals surface area contributed by atoms with Gasteiger partial charge < -0.3 is 15.8 Å². The Balaban J connectivity index is 1.31. The van der Waals surface area contributed by atoms with Gasteiger partial charge in [-0.3, -0.25) is 0 Å². The van der Waals surface area contributed by atoms with E-state index in [-0.39, 0.29) is 5.54 Å². The van der Waals surface area contributed by atoms with E-state index < -0.39 is 0 Å². The molecular weight excluding hydrogens is 360 g/mol. The number of rotatable bonds is 4. The normalized spacial score (nSPS) is 29.9. The highest BCUT2D eigenvalue weighted by Gasteiger charge is 2.51. The van der Waals surface area contributed by atoms with Gasteiger partial charge in [-0.25, -0.2) is 4.98 Å². The Morgan fingerprint density at radius 3 is 2.34 bits per heavy atom. The van der Waals surface area contributed by atoms with Crippen molar-refractivity contribution < 1.29 is 4.74 Å². The molecule has 5 nitrogen and oxygen atoms in total. The van der Waals surface area contributed by atoms with Crippen LogP contribution in [0.1, 0.15) is 38.5 Å². The summed E-state index contributed by atoms with van der Waals surface area (Å²) in [4.78, 5) is 8.83. The summed E-state index contributed by atoms with van der Waals surface area (Å²) in [6.45, 7) is 0. The molecule has 0 aliphatic heterocycles. The molecule has 3 N–H and O–H groups in total. The number of nitrogens with one attached hydrogen (secondary N) is 1. The van der Waals surface area contributed by atoms with Crippen LogP contribution in [-0.4, -0.2) is 15.5 Å². The zero-order valence-electron chi connectivity index (χ0n) is 16.5. The highest BCUT2D eigenvalue weighted by Crippen LogP contribution is 2.56. The lowest BCUT2D eigenvalue weighted by Crippen LogP contribution is -2.55. The van der Waals surface area contributed by atoms with Crippen molar-refractivity contribution in [2.75, 3.05) is 11.1 Å². The van der Waals surface area contributed by atoms with Crippen LogP contribution in [-0.2, 0) is 0 Å². The van der Waals surface area contributed by atoms with Crippen LogP contribution in [0.15, 0.2) is 48.8 Å². The number of aromatic nitrogens is 2. The van der Waals surface area contributed by atoms with Gasteiger partial charge in [-0.05, 0) is 67.7 Å². The van der Waals surface area contributed by atoms with Gasteiger partial charge in [-0.1, -0.05) is 36.4 Å². The molecule has 5 heteroatoms. The molecule has 7 rings (SSSR count). The number of nitrogens with zero attached hydrogens (tertiary/aromatic N) is 2. The molecule has 4 bridgehead atoms. The molecular formula is C24H26N4O. The third-order valence-corrected chi connectivity index (χ3v) is 7.23. The van der Waals surface area contributed by atoms with Crippen molar-refractivity contribution in [1.82, 2.24) is 9.97 Å². The quantitative estimate of drug-likeness (QED) is 0.629. The van der Waals surface area contributed by atoms with Gasteiger partial charge in [0.15, 0.2) is 5.82 Å². The fourth-order valence-electron chi connectivity index (χ4n) is 6.46. The lowest BCUT2D eigenvalue weighted by atomic mass is 9.53. The summed E-state index contributed by atoms with van der Waals surface area (Å²) in [5, 5.41) is 5.94. The van der Waals surface area contributed by atoms with Crippen LogP contribution in [0.25, 0.3) is 10.8 Å². The summed E-state index contributed by atoms with van der Waals surface area (Å²) in [5.41, 5.74) is 7.14. The Labute approximate surface area is 170 Å². The van der Waals surface area contributed by atoms with Crippen LogP contribution >= 0.6 is 0 Å². The van der Waals surface area contributed by atoms with Gasteiger partial charge in [-0.2, -0.15) is 4.98 Å². The minimum absolute atomic E-state index is 0.147. The molecule has 0 amide bonds. The second-order valence-electron chi connectivity index (χ2n) is 9.34. The van der Waals surface area contributed by atoms with Crippen molar-refractivity contribution in [1.29, 1.82) is 0 Å². The van der Waals surface area contributed by atoms with Crippen molar-refractivity contribution in [2.45, 2.75) is 44.1 Å². The Bertz CT molecular complexity index is 1040. The molecule has 4 saturated carbocycles. The molecule has 148 valence electrons. The molecule has 29 heavy (non-hydrogen) atoms. The van der Waals surface area contributed by atoms with E-state index in [0.29, 0.717) is 11.6 Å². The average Bonchev–Trinajstić information content (AvgIpc) is 2.70. The maximum Gasteiger partial charge on any atom is 0.248 e. The van der Waals surface area contributed by atoms with Crippen molar-refractivity contribution in [3.8, 4) is 11.6 Å². The zero-order valence-corrected chi connectivity index (χ0v) is 16.5. The van der Waals surface area contributed by atoms with Gasteiger partial charge in [-0.15, -0.1) is 0 Å². The van der Waals surface area contributed by atoms with E-state index in [0.717, 1.165) is 40.1 Å². The summed E-state index contributed by atoms with van der Waals surface area (Å²) in [7, 11) is 0. The summed E-state index contributed by atoms with van der Waals surface area (Å²) in [6.07, 6.45) is 9.51. The molecule has 0 radical (unpaired) electrons. The zero-order chi connectivity index (χ0) is 19.4. The molecule has 4 aliphatic carbocycles. The van der Waals surface area contributed by atoms with E-state index in [2.05, 4.69) is 33.5 Å². The molecule has 4 fully saturated rings. The minimum Gasteiger partial charge on any atom is -0.436 e. The Morgan fingerprint density at radius 1 is 0.897 bits per heavy atom. The molecule has 3 aromatic rings. The number of benzene rings is 2. The molecule has 1 heterocycles. The number of hydrogen-bond donors (Lipinski definition) is 2. The molecule has 0 unspecified atom stereocenters. The van der Waals surface area contributed by atoms with Crippen LogP contribution in [0.5, 0.6) is 11.6 Å². The average molecular weight is 386 g/mol. The third-order valence-electron chi connectivity index (χ3n) is 7.23. The first kappa shape index (κ1) is 17.1. The minimum atomic E-state index is 0.147. The fourth-order valence-corrected chi connectivity index (χ4v) is 6.46. The second kappa shape index (κ2) is 6.34. The van der Waals surface area contributed by atoms with E-state index in [9.17, 15) is 0 Å². The number of nitrogen functional groups attached to an aromatic ring is 1. The van der Waals surface area contributed by atoms with Crippen LogP contribution in [0.3, 0.4) is 0 Å². The van der Waals surface area contributed by atoms with Gasteiger partial charge in [0.25, 0.3) is 0 Å². The smallest absolute Gasteiger partial charge is 0.248 e. The number of fused-ring (bicyclic) bond motifs is 1. The number of anilines is 2. The summed E-state index contributed by atoms with van der Waals surface area (Å²) in [5.74, 6) is 4.49. The molecule has 4 aliphatic rings. The van der Waals surface area contributed by atoms with Gasteiger partial charge in [0.2, 0.25) is 5.88 Å². The predicted octanol–water partition coefficient (Wildman–Crippen LogP) is 5.39. The SMILES string of the molecule is Nc1c(NC23CC4CC(CC(C4)C2)C3)ncnc1Oc1cccc2ccccc12. The third kappa shape index (κ3) is 2.91. The summed E-state index contributed by atoms with van der Waals surface area (Å²) in [6, 6.07) is 14.2. The van der Waals surface area contributed by atoms with Crippen LogP contribution in [0.4, 0.5) is 11.5 Å². The highest BCUT2D eigenvalue weighted by atomic mass is 16.5. The number of ether oxygens (including phenoxy) is 1. The Hall–Kier alpha value is -2.82. The number of nitrogens with two attached hydrogens (primary N) is 1. The number of hydrogen-bond acceptors (Lipinski definition) is 5. The highest BCUT2D eigenvalue weighted by molar-refractivity contribution is 5.88. The largest absolute Gasteiger partial charge is 0.436 e. The van der Waals surface area contributed by atoms with E-state index in [4.69, 9.17) is 10.5 Å². The molecule has 0 spiro atoms. The van der Waals surface area contributed by atoms with Crippen LogP contribution in [0, 0.1) is 17.8 Å². The van der Waals surface area contributed by atoms with Crippen molar-refractivity contribution >= 4 is 22.3 Å². The Kier molecular flexibility index (Phi) is 3.73. The van der Waals surface area contributed by atoms with E-state index in [1.165, 1.54) is 38.5 Å². The lowest BCUT2D eigenvalue weighted by molar-refractivity contribution is 0.0106. The van der Waals surface area contributed by atoms with Gasteiger partial charge in [0, 0.05) is 10.9 Å². The monoisotopic (exact) mass is 386 g/mol. The fraction of sp³-hybridized carbons (Fsp3) is 0.417. The maximum atomic E-state index is 6.49. The molecule has 0 atom stereocenters. The molecule has 2 aromatic carbocycles. The second-order valence-corrected chi connectivity index (χ2v) is 9.34. The topological polar surface area (TPSA) is 73.1 Å². The molecule has 1 aromatic heterocycles.